The molecule has 4 aromatic rings. The molecule has 34 heavy (non-hydrogen) atoms. The van der Waals surface area contributed by atoms with Crippen molar-refractivity contribution < 1.29 is 13.9 Å². The Labute approximate surface area is 196 Å². The van der Waals surface area contributed by atoms with Crippen LogP contribution in [0.1, 0.15) is 23.6 Å². The first-order valence-corrected chi connectivity index (χ1v) is 10.9. The second kappa shape index (κ2) is 9.46. The Morgan fingerprint density at radius 2 is 1.88 bits per heavy atom. The quantitative estimate of drug-likeness (QED) is 0.420. The Morgan fingerprint density at radius 1 is 1.15 bits per heavy atom. The van der Waals surface area contributed by atoms with Gasteiger partial charge in [-0.1, -0.05) is 12.1 Å². The van der Waals surface area contributed by atoms with E-state index in [4.69, 9.17) is 4.74 Å². The molecule has 2 heterocycles. The van der Waals surface area contributed by atoms with Gasteiger partial charge in [-0.05, 0) is 61.7 Å². The van der Waals surface area contributed by atoms with E-state index in [9.17, 15) is 14.0 Å². The molecule has 0 saturated carbocycles. The van der Waals surface area contributed by atoms with E-state index in [1.165, 1.54) is 36.3 Å². The molecule has 0 fully saturated rings. The van der Waals surface area contributed by atoms with Gasteiger partial charge in [-0.3, -0.25) is 14.2 Å². The number of benzene rings is 2. The number of hydrogen-bond donors (Lipinski definition) is 0. The van der Waals surface area contributed by atoms with Gasteiger partial charge in [0.05, 0.1) is 19.0 Å². The fourth-order valence-electron chi connectivity index (χ4n) is 3.97. The lowest BCUT2D eigenvalue weighted by atomic mass is 10.1. The molecule has 2 aromatic heterocycles. The van der Waals surface area contributed by atoms with Crippen LogP contribution in [0, 0.1) is 19.7 Å². The maximum atomic E-state index is 14.0. The summed E-state index contributed by atoms with van der Waals surface area (Å²) in [5.41, 5.74) is 3.68. The lowest BCUT2D eigenvalue weighted by Crippen LogP contribution is -2.36. The number of amides is 1. The molecule has 0 radical (unpaired) electrons. The minimum absolute atomic E-state index is 0.144. The summed E-state index contributed by atoms with van der Waals surface area (Å²) in [6, 6.07) is 10.6. The first kappa shape index (κ1) is 23.2. The number of ether oxygens (including phenoxy) is 1. The number of hydrogen-bond acceptors (Lipinski definition) is 5. The SMILES string of the molecule is CCN(Cc1ccc(OC)c(F)c1)C(=O)Cn1cnc2c(cnn2-c2cc(C)cc(C)c2)c1=O. The number of carbonyl (C=O) groups excluding carboxylic acids is 1. The van der Waals surface area contributed by atoms with Gasteiger partial charge < -0.3 is 9.64 Å². The number of carbonyl (C=O) groups is 1. The fourth-order valence-corrected chi connectivity index (χ4v) is 3.97. The van der Waals surface area contributed by atoms with Gasteiger partial charge in [-0.25, -0.2) is 14.1 Å². The van der Waals surface area contributed by atoms with Crippen LogP contribution in [0.4, 0.5) is 4.39 Å². The molecule has 0 unspecified atom stereocenters. The van der Waals surface area contributed by atoms with E-state index in [0.717, 1.165) is 16.8 Å². The lowest BCUT2D eigenvalue weighted by molar-refractivity contribution is -0.132. The average molecular weight is 464 g/mol. The van der Waals surface area contributed by atoms with E-state index in [2.05, 4.69) is 16.1 Å². The number of rotatable bonds is 7. The van der Waals surface area contributed by atoms with Crippen LogP contribution in [0.5, 0.6) is 5.75 Å². The standard InChI is InChI=1S/C25H26FN5O3/c1-5-29(13-18-6-7-22(34-4)21(26)11-18)23(32)14-30-15-27-24-20(25(30)33)12-28-31(24)19-9-16(2)8-17(3)10-19/h6-12,15H,5,13-14H2,1-4H3. The van der Waals surface area contributed by atoms with Crippen molar-refractivity contribution in [2.45, 2.75) is 33.9 Å². The Kier molecular flexibility index (Phi) is 6.45. The summed E-state index contributed by atoms with van der Waals surface area (Å²) >= 11 is 0. The highest BCUT2D eigenvalue weighted by molar-refractivity contribution is 5.78. The Bertz CT molecular complexity index is 1410. The number of nitrogens with zero attached hydrogens (tertiary/aromatic N) is 5. The first-order valence-electron chi connectivity index (χ1n) is 10.9. The normalized spacial score (nSPS) is 11.1. The van der Waals surface area contributed by atoms with Gasteiger partial charge in [0, 0.05) is 13.1 Å². The molecule has 0 N–H and O–H groups in total. The van der Waals surface area contributed by atoms with Crippen LogP contribution >= 0.6 is 0 Å². The van der Waals surface area contributed by atoms with Crippen molar-refractivity contribution >= 4 is 16.9 Å². The molecule has 0 aliphatic carbocycles. The molecule has 0 aliphatic rings. The summed E-state index contributed by atoms with van der Waals surface area (Å²) in [4.78, 5) is 32.0. The van der Waals surface area contributed by atoms with E-state index < -0.39 is 5.82 Å². The second-order valence-electron chi connectivity index (χ2n) is 8.19. The molecule has 0 bridgehead atoms. The van der Waals surface area contributed by atoms with Gasteiger partial charge in [0.2, 0.25) is 5.91 Å². The molecule has 4 rings (SSSR count). The van der Waals surface area contributed by atoms with E-state index in [1.54, 1.807) is 15.6 Å². The second-order valence-corrected chi connectivity index (χ2v) is 8.19. The predicted octanol–water partition coefficient (Wildman–Crippen LogP) is 3.40. The van der Waals surface area contributed by atoms with Gasteiger partial charge in [0.1, 0.15) is 18.3 Å². The number of likely N-dealkylation sites (N-methyl/N-ethyl adjacent to an activating group) is 1. The molecule has 9 heteroatoms. The van der Waals surface area contributed by atoms with Crippen molar-refractivity contribution in [3.63, 3.8) is 0 Å². The van der Waals surface area contributed by atoms with Crippen molar-refractivity contribution in [2.75, 3.05) is 13.7 Å². The van der Waals surface area contributed by atoms with Crippen molar-refractivity contribution in [1.82, 2.24) is 24.2 Å². The molecule has 0 atom stereocenters. The molecular weight excluding hydrogens is 437 g/mol. The minimum atomic E-state index is -0.491. The molecule has 8 nitrogen and oxygen atoms in total. The summed E-state index contributed by atoms with van der Waals surface area (Å²) in [5, 5.41) is 4.69. The number of aromatic nitrogens is 4. The van der Waals surface area contributed by atoms with Crippen LogP contribution in [-0.2, 0) is 17.9 Å². The van der Waals surface area contributed by atoms with Crippen LogP contribution in [0.3, 0.4) is 0 Å². The number of halogens is 1. The van der Waals surface area contributed by atoms with Gasteiger partial charge in [-0.15, -0.1) is 0 Å². The molecule has 0 spiro atoms. The van der Waals surface area contributed by atoms with Gasteiger partial charge >= 0.3 is 0 Å². The predicted molar refractivity (Wildman–Crippen MR) is 127 cm³/mol. The van der Waals surface area contributed by atoms with Crippen molar-refractivity contribution in [2.24, 2.45) is 0 Å². The third-order valence-electron chi connectivity index (χ3n) is 5.64. The topological polar surface area (TPSA) is 82.2 Å². The van der Waals surface area contributed by atoms with Gasteiger partial charge in [-0.2, -0.15) is 5.10 Å². The van der Waals surface area contributed by atoms with Crippen molar-refractivity contribution in [3.05, 3.63) is 81.8 Å². The van der Waals surface area contributed by atoms with Crippen LogP contribution in [0.2, 0.25) is 0 Å². The number of aryl methyl sites for hydroxylation is 2. The van der Waals surface area contributed by atoms with E-state index in [-0.39, 0.29) is 30.3 Å². The molecule has 1 amide bonds. The molecule has 176 valence electrons. The summed E-state index contributed by atoms with van der Waals surface area (Å²) in [6.45, 7) is 6.26. The smallest absolute Gasteiger partial charge is 0.264 e. The lowest BCUT2D eigenvalue weighted by Gasteiger charge is -2.21. The zero-order chi connectivity index (χ0) is 24.4. The minimum Gasteiger partial charge on any atom is -0.494 e. The fraction of sp³-hybridized carbons (Fsp3) is 0.280. The van der Waals surface area contributed by atoms with Gasteiger partial charge in [0.15, 0.2) is 17.2 Å². The number of methoxy groups -OCH3 is 1. The van der Waals surface area contributed by atoms with Crippen LogP contribution < -0.4 is 10.3 Å². The molecule has 2 aromatic carbocycles. The third-order valence-corrected chi connectivity index (χ3v) is 5.64. The van der Waals surface area contributed by atoms with Crippen LogP contribution in [0.25, 0.3) is 16.7 Å². The molecule has 0 saturated heterocycles. The largest absolute Gasteiger partial charge is 0.494 e. The van der Waals surface area contributed by atoms with E-state index in [1.807, 2.05) is 32.9 Å². The average Bonchev–Trinajstić information content (AvgIpc) is 3.23. The maximum absolute atomic E-state index is 14.0. The summed E-state index contributed by atoms with van der Waals surface area (Å²) in [5.74, 6) is -0.621. The molecule has 0 aliphatic heterocycles. The zero-order valence-electron chi connectivity index (χ0n) is 19.6. The Morgan fingerprint density at radius 3 is 2.53 bits per heavy atom. The van der Waals surface area contributed by atoms with E-state index >= 15 is 0 Å². The maximum Gasteiger partial charge on any atom is 0.264 e. The highest BCUT2D eigenvalue weighted by Gasteiger charge is 2.17. The molecular formula is C25H26FN5O3. The highest BCUT2D eigenvalue weighted by Crippen LogP contribution is 2.19. The van der Waals surface area contributed by atoms with Gasteiger partial charge in [0.25, 0.3) is 5.56 Å². The third kappa shape index (κ3) is 4.54. The summed E-state index contributed by atoms with van der Waals surface area (Å²) in [6.07, 6.45) is 2.84. The first-order chi connectivity index (χ1) is 16.3. The van der Waals surface area contributed by atoms with Crippen molar-refractivity contribution in [3.8, 4) is 11.4 Å². The Balaban J connectivity index is 1.57. The summed E-state index contributed by atoms with van der Waals surface area (Å²) in [7, 11) is 1.40. The van der Waals surface area contributed by atoms with Crippen molar-refractivity contribution in [1.29, 1.82) is 0 Å². The number of fused-ring (bicyclic) bond motifs is 1. The van der Waals surface area contributed by atoms with Crippen LogP contribution in [-0.4, -0.2) is 43.8 Å². The summed E-state index contributed by atoms with van der Waals surface area (Å²) < 4.78 is 21.9. The van der Waals surface area contributed by atoms with E-state index in [0.29, 0.717) is 23.1 Å². The highest BCUT2D eigenvalue weighted by atomic mass is 19.1. The monoisotopic (exact) mass is 463 g/mol. The zero-order valence-corrected chi connectivity index (χ0v) is 19.6. The van der Waals surface area contributed by atoms with Crippen LogP contribution in [0.15, 0.2) is 53.7 Å². The Hall–Kier alpha value is -4.01.